The maximum absolute atomic E-state index is 5.95. The van der Waals surface area contributed by atoms with Gasteiger partial charge in [-0.1, -0.05) is 12.1 Å². The lowest BCUT2D eigenvalue weighted by atomic mass is 10.1. The molecule has 0 aliphatic heterocycles. The van der Waals surface area contributed by atoms with Crippen molar-refractivity contribution in [1.82, 2.24) is 4.98 Å². The fourth-order valence-electron chi connectivity index (χ4n) is 2.06. The topological polar surface area (TPSA) is 48.1 Å². The SMILES string of the molecule is Cc1cccc(Oc2ccc(N)c3cccnc23)c1. The number of rotatable bonds is 2. The van der Waals surface area contributed by atoms with Gasteiger partial charge in [-0.25, -0.2) is 0 Å². The second-order valence-electron chi connectivity index (χ2n) is 4.47. The standard InChI is InChI=1S/C16H14N2O/c1-11-4-2-5-12(10-11)19-15-8-7-14(17)13-6-3-9-18-16(13)15/h2-10H,17H2,1H3. The number of nitrogens with zero attached hydrogens (tertiary/aromatic N) is 1. The second kappa shape index (κ2) is 4.61. The Kier molecular flexibility index (Phi) is 2.80. The molecule has 0 atom stereocenters. The highest BCUT2D eigenvalue weighted by Gasteiger charge is 2.07. The number of aryl methyl sites for hydroxylation is 1. The number of nitrogen functional groups attached to an aromatic ring is 1. The Morgan fingerprint density at radius 2 is 1.95 bits per heavy atom. The zero-order valence-electron chi connectivity index (χ0n) is 10.6. The van der Waals surface area contributed by atoms with E-state index in [1.165, 1.54) is 0 Å². The predicted octanol–water partition coefficient (Wildman–Crippen LogP) is 3.92. The van der Waals surface area contributed by atoms with E-state index in [9.17, 15) is 0 Å². The highest BCUT2D eigenvalue weighted by molar-refractivity contribution is 5.94. The van der Waals surface area contributed by atoms with Gasteiger partial charge in [-0.15, -0.1) is 0 Å². The molecule has 19 heavy (non-hydrogen) atoms. The Morgan fingerprint density at radius 3 is 2.79 bits per heavy atom. The Hall–Kier alpha value is -2.55. The lowest BCUT2D eigenvalue weighted by Crippen LogP contribution is -1.92. The summed E-state index contributed by atoms with van der Waals surface area (Å²) < 4.78 is 5.91. The van der Waals surface area contributed by atoms with Crippen LogP contribution in [0.5, 0.6) is 11.5 Å². The van der Waals surface area contributed by atoms with Crippen LogP contribution in [-0.4, -0.2) is 4.98 Å². The number of ether oxygens (including phenoxy) is 1. The van der Waals surface area contributed by atoms with Gasteiger partial charge in [0.1, 0.15) is 11.3 Å². The average molecular weight is 250 g/mol. The molecule has 0 saturated heterocycles. The fraction of sp³-hybridized carbons (Fsp3) is 0.0625. The van der Waals surface area contributed by atoms with E-state index in [1.807, 2.05) is 55.5 Å². The molecule has 94 valence electrons. The van der Waals surface area contributed by atoms with Gasteiger partial charge in [0.05, 0.1) is 0 Å². The van der Waals surface area contributed by atoms with E-state index in [0.29, 0.717) is 5.69 Å². The number of hydrogen-bond acceptors (Lipinski definition) is 3. The predicted molar refractivity (Wildman–Crippen MR) is 77.4 cm³/mol. The molecule has 0 saturated carbocycles. The molecule has 3 heteroatoms. The van der Waals surface area contributed by atoms with Crippen molar-refractivity contribution in [3.63, 3.8) is 0 Å². The average Bonchev–Trinajstić information content (AvgIpc) is 2.42. The number of nitrogens with two attached hydrogens (primary N) is 1. The van der Waals surface area contributed by atoms with Crippen LogP contribution in [-0.2, 0) is 0 Å². The quantitative estimate of drug-likeness (QED) is 0.701. The van der Waals surface area contributed by atoms with Gasteiger partial charge in [0.2, 0.25) is 0 Å². The van der Waals surface area contributed by atoms with Crippen LogP contribution in [0.1, 0.15) is 5.56 Å². The van der Waals surface area contributed by atoms with Gasteiger partial charge in [0, 0.05) is 17.3 Å². The highest BCUT2D eigenvalue weighted by Crippen LogP contribution is 2.31. The van der Waals surface area contributed by atoms with Gasteiger partial charge in [-0.05, 0) is 48.9 Å². The summed E-state index contributed by atoms with van der Waals surface area (Å²) in [7, 11) is 0. The van der Waals surface area contributed by atoms with E-state index in [2.05, 4.69) is 4.98 Å². The fourth-order valence-corrected chi connectivity index (χ4v) is 2.06. The number of pyridine rings is 1. The molecule has 0 amide bonds. The lowest BCUT2D eigenvalue weighted by molar-refractivity contribution is 0.487. The molecule has 1 aromatic heterocycles. The van der Waals surface area contributed by atoms with E-state index < -0.39 is 0 Å². The molecule has 2 N–H and O–H groups in total. The highest BCUT2D eigenvalue weighted by atomic mass is 16.5. The van der Waals surface area contributed by atoms with Crippen LogP contribution in [0.4, 0.5) is 5.69 Å². The van der Waals surface area contributed by atoms with E-state index in [1.54, 1.807) is 6.20 Å². The number of anilines is 1. The number of fused-ring (bicyclic) bond motifs is 1. The summed E-state index contributed by atoms with van der Waals surface area (Å²) in [5.41, 5.74) is 8.59. The van der Waals surface area contributed by atoms with E-state index in [-0.39, 0.29) is 0 Å². The smallest absolute Gasteiger partial charge is 0.153 e. The van der Waals surface area contributed by atoms with Crippen LogP contribution in [0.15, 0.2) is 54.7 Å². The van der Waals surface area contributed by atoms with Crippen molar-refractivity contribution in [2.75, 3.05) is 5.73 Å². The van der Waals surface area contributed by atoms with Crippen LogP contribution < -0.4 is 10.5 Å². The molecule has 0 aliphatic carbocycles. The van der Waals surface area contributed by atoms with Crippen molar-refractivity contribution < 1.29 is 4.74 Å². The number of benzene rings is 2. The van der Waals surface area contributed by atoms with Crippen LogP contribution in [0.3, 0.4) is 0 Å². The first-order valence-electron chi connectivity index (χ1n) is 6.12. The summed E-state index contributed by atoms with van der Waals surface area (Å²) in [6.07, 6.45) is 1.74. The van der Waals surface area contributed by atoms with Crippen molar-refractivity contribution in [2.45, 2.75) is 6.92 Å². The van der Waals surface area contributed by atoms with E-state index in [0.717, 1.165) is 28.0 Å². The van der Waals surface area contributed by atoms with Gasteiger partial charge in [0.15, 0.2) is 5.75 Å². The Bertz CT molecular complexity index is 738. The molecule has 0 radical (unpaired) electrons. The van der Waals surface area contributed by atoms with Crippen LogP contribution in [0.2, 0.25) is 0 Å². The van der Waals surface area contributed by atoms with Gasteiger partial charge >= 0.3 is 0 Å². The Labute approximate surface area is 111 Å². The zero-order chi connectivity index (χ0) is 13.2. The van der Waals surface area contributed by atoms with Gasteiger partial charge in [-0.3, -0.25) is 4.98 Å². The van der Waals surface area contributed by atoms with Gasteiger partial charge < -0.3 is 10.5 Å². The Morgan fingerprint density at radius 1 is 1.05 bits per heavy atom. The molecular formula is C16H14N2O. The molecule has 2 aromatic carbocycles. The minimum Gasteiger partial charge on any atom is -0.455 e. The van der Waals surface area contributed by atoms with Crippen LogP contribution in [0, 0.1) is 6.92 Å². The van der Waals surface area contributed by atoms with Crippen LogP contribution >= 0.6 is 0 Å². The van der Waals surface area contributed by atoms with Crippen molar-refractivity contribution in [2.24, 2.45) is 0 Å². The molecule has 0 fully saturated rings. The third kappa shape index (κ3) is 2.22. The molecule has 1 heterocycles. The summed E-state index contributed by atoms with van der Waals surface area (Å²) >= 11 is 0. The molecular weight excluding hydrogens is 236 g/mol. The monoisotopic (exact) mass is 250 g/mol. The minimum absolute atomic E-state index is 0.708. The first-order chi connectivity index (χ1) is 9.24. The third-order valence-electron chi connectivity index (χ3n) is 2.98. The third-order valence-corrected chi connectivity index (χ3v) is 2.98. The summed E-state index contributed by atoms with van der Waals surface area (Å²) in [6, 6.07) is 15.4. The number of aromatic nitrogens is 1. The maximum atomic E-state index is 5.95. The van der Waals surface area contributed by atoms with Crippen molar-refractivity contribution in [3.05, 3.63) is 60.3 Å². The minimum atomic E-state index is 0.708. The largest absolute Gasteiger partial charge is 0.455 e. The summed E-state index contributed by atoms with van der Waals surface area (Å²) in [6.45, 7) is 2.03. The molecule has 0 spiro atoms. The Balaban J connectivity index is 2.09. The van der Waals surface area contributed by atoms with Gasteiger partial charge in [0.25, 0.3) is 0 Å². The zero-order valence-corrected chi connectivity index (χ0v) is 10.6. The summed E-state index contributed by atoms with van der Waals surface area (Å²) in [4.78, 5) is 4.36. The van der Waals surface area contributed by atoms with Gasteiger partial charge in [-0.2, -0.15) is 0 Å². The molecule has 0 unspecified atom stereocenters. The van der Waals surface area contributed by atoms with Crippen molar-refractivity contribution >= 4 is 16.6 Å². The normalized spacial score (nSPS) is 10.6. The van der Waals surface area contributed by atoms with E-state index >= 15 is 0 Å². The first-order valence-corrected chi connectivity index (χ1v) is 6.12. The first kappa shape index (κ1) is 11.5. The molecule has 3 aromatic rings. The second-order valence-corrected chi connectivity index (χ2v) is 4.47. The van der Waals surface area contributed by atoms with Crippen LogP contribution in [0.25, 0.3) is 10.9 Å². The lowest BCUT2D eigenvalue weighted by Gasteiger charge is -2.10. The molecule has 0 bridgehead atoms. The molecule has 0 aliphatic rings. The van der Waals surface area contributed by atoms with Crippen molar-refractivity contribution in [1.29, 1.82) is 0 Å². The maximum Gasteiger partial charge on any atom is 0.153 e. The summed E-state index contributed by atoms with van der Waals surface area (Å²) in [5, 5.41) is 0.910. The molecule has 3 nitrogen and oxygen atoms in total. The van der Waals surface area contributed by atoms with E-state index in [4.69, 9.17) is 10.5 Å². The number of hydrogen-bond donors (Lipinski definition) is 1. The summed E-state index contributed by atoms with van der Waals surface area (Å²) in [5.74, 6) is 1.52. The molecule has 3 rings (SSSR count). The van der Waals surface area contributed by atoms with Crippen molar-refractivity contribution in [3.8, 4) is 11.5 Å².